The first kappa shape index (κ1) is 16.5. The zero-order valence-corrected chi connectivity index (χ0v) is 13.1. The van der Waals surface area contributed by atoms with Crippen molar-refractivity contribution in [1.82, 2.24) is 5.32 Å². The number of amides is 1. The Balaban J connectivity index is 2.63. The highest BCUT2D eigenvalue weighted by atomic mass is 16.1. The molecule has 1 aromatic rings. The Kier molecular flexibility index (Phi) is 6.02. The van der Waals surface area contributed by atoms with Gasteiger partial charge >= 0.3 is 0 Å². The molecule has 0 spiro atoms. The number of carbonyl (C=O) groups excluding carboxylic acids is 1. The van der Waals surface area contributed by atoms with Gasteiger partial charge < -0.3 is 16.0 Å². The van der Waals surface area contributed by atoms with E-state index in [0.29, 0.717) is 0 Å². The molecular weight excluding hydrogens is 250 g/mol. The lowest BCUT2D eigenvalue weighted by Gasteiger charge is -2.29. The molecule has 0 fully saturated rings. The van der Waals surface area contributed by atoms with E-state index in [2.05, 4.69) is 48.3 Å². The zero-order chi connectivity index (χ0) is 15.2. The maximum Gasteiger partial charge on any atom is 0.237 e. The first-order valence-corrected chi connectivity index (χ1v) is 7.24. The molecule has 1 rings (SSSR count). The molecule has 0 aromatic heterocycles. The molecule has 0 radical (unpaired) electrons. The van der Waals surface area contributed by atoms with Crippen LogP contribution in [0.3, 0.4) is 0 Å². The van der Waals surface area contributed by atoms with Crippen LogP contribution in [-0.4, -0.2) is 31.6 Å². The summed E-state index contributed by atoms with van der Waals surface area (Å²) in [6, 6.07) is 8.38. The fourth-order valence-corrected chi connectivity index (χ4v) is 2.36. The third-order valence-corrected chi connectivity index (χ3v) is 4.04. The van der Waals surface area contributed by atoms with Crippen LogP contribution in [0.1, 0.15) is 32.3 Å². The van der Waals surface area contributed by atoms with Gasteiger partial charge in [-0.15, -0.1) is 0 Å². The topological polar surface area (TPSA) is 58.4 Å². The van der Waals surface area contributed by atoms with Gasteiger partial charge in [0.2, 0.25) is 5.91 Å². The maximum absolute atomic E-state index is 11.5. The van der Waals surface area contributed by atoms with Gasteiger partial charge in [0.05, 0.1) is 5.54 Å². The van der Waals surface area contributed by atoms with Crippen LogP contribution < -0.4 is 16.0 Å². The van der Waals surface area contributed by atoms with Crippen molar-refractivity contribution in [3.05, 3.63) is 29.8 Å². The van der Waals surface area contributed by atoms with Gasteiger partial charge in [0.1, 0.15) is 0 Å². The molecule has 0 aliphatic carbocycles. The summed E-state index contributed by atoms with van der Waals surface area (Å²) in [5.41, 5.74) is 7.37. The van der Waals surface area contributed by atoms with Crippen LogP contribution in [0.5, 0.6) is 0 Å². The number of primary amides is 1. The average Bonchev–Trinajstić information content (AvgIpc) is 2.44. The zero-order valence-electron chi connectivity index (χ0n) is 13.1. The van der Waals surface area contributed by atoms with Crippen molar-refractivity contribution in [2.75, 3.05) is 25.0 Å². The molecule has 0 aliphatic heterocycles. The van der Waals surface area contributed by atoms with Gasteiger partial charge in [0.25, 0.3) is 0 Å². The van der Waals surface area contributed by atoms with E-state index >= 15 is 0 Å². The summed E-state index contributed by atoms with van der Waals surface area (Å²) in [7, 11) is 1.78. The molecule has 1 unspecified atom stereocenters. The predicted octanol–water partition coefficient (Wildman–Crippen LogP) is 2.06. The second-order valence-electron chi connectivity index (χ2n) is 5.42. The number of nitrogens with zero attached hydrogens (tertiary/aromatic N) is 1. The van der Waals surface area contributed by atoms with E-state index in [-0.39, 0.29) is 5.91 Å². The van der Waals surface area contributed by atoms with Gasteiger partial charge in [0, 0.05) is 18.8 Å². The maximum atomic E-state index is 11.5. The summed E-state index contributed by atoms with van der Waals surface area (Å²) >= 11 is 0. The van der Waals surface area contributed by atoms with E-state index in [1.54, 1.807) is 7.05 Å². The van der Waals surface area contributed by atoms with Crippen molar-refractivity contribution in [2.24, 2.45) is 5.73 Å². The van der Waals surface area contributed by atoms with Crippen molar-refractivity contribution >= 4 is 11.6 Å². The van der Waals surface area contributed by atoms with Crippen molar-refractivity contribution in [3.8, 4) is 0 Å². The third-order valence-electron chi connectivity index (χ3n) is 4.04. The molecule has 0 heterocycles. The standard InChI is InChI=1S/C16H27N3O/c1-5-19(14-10-7-6-9-13(14)2)12-8-11-16(3,18-4)15(17)20/h6-7,9-10,18H,5,8,11-12H2,1-4H3,(H2,17,20). The molecule has 1 amide bonds. The number of nitrogens with one attached hydrogen (secondary N) is 1. The summed E-state index contributed by atoms with van der Waals surface area (Å²) < 4.78 is 0. The van der Waals surface area contributed by atoms with E-state index in [0.717, 1.165) is 25.9 Å². The minimum atomic E-state index is -0.620. The molecule has 0 bridgehead atoms. The third kappa shape index (κ3) is 3.97. The quantitative estimate of drug-likeness (QED) is 0.765. The minimum Gasteiger partial charge on any atom is -0.372 e. The summed E-state index contributed by atoms with van der Waals surface area (Å²) in [4.78, 5) is 13.8. The van der Waals surface area contributed by atoms with Crippen molar-refractivity contribution in [3.63, 3.8) is 0 Å². The normalized spacial score (nSPS) is 13.8. The van der Waals surface area contributed by atoms with Crippen LogP contribution in [0.25, 0.3) is 0 Å². The Bertz CT molecular complexity index is 447. The highest BCUT2D eigenvalue weighted by Gasteiger charge is 2.28. The molecule has 1 aromatic carbocycles. The number of benzene rings is 1. The van der Waals surface area contributed by atoms with Crippen LogP contribution >= 0.6 is 0 Å². The first-order valence-electron chi connectivity index (χ1n) is 7.24. The van der Waals surface area contributed by atoms with E-state index in [9.17, 15) is 4.79 Å². The molecule has 4 nitrogen and oxygen atoms in total. The second-order valence-corrected chi connectivity index (χ2v) is 5.42. The highest BCUT2D eigenvalue weighted by Crippen LogP contribution is 2.20. The monoisotopic (exact) mass is 277 g/mol. The number of aryl methyl sites for hydroxylation is 1. The van der Waals surface area contributed by atoms with Gasteiger partial charge in [-0.25, -0.2) is 0 Å². The van der Waals surface area contributed by atoms with Crippen LogP contribution in [0, 0.1) is 6.92 Å². The molecule has 3 N–H and O–H groups in total. The summed E-state index contributed by atoms with van der Waals surface area (Å²) in [6.45, 7) is 8.01. The fourth-order valence-electron chi connectivity index (χ4n) is 2.36. The Morgan fingerprint density at radius 1 is 1.40 bits per heavy atom. The van der Waals surface area contributed by atoms with Crippen molar-refractivity contribution in [1.29, 1.82) is 0 Å². The van der Waals surface area contributed by atoms with Crippen LogP contribution in [0.4, 0.5) is 5.69 Å². The number of para-hydroxylation sites is 1. The SMILES string of the molecule is CCN(CCCC(C)(NC)C(N)=O)c1ccccc1C. The molecule has 0 aliphatic rings. The molecule has 1 atom stereocenters. The van der Waals surface area contributed by atoms with Gasteiger partial charge in [-0.05, 0) is 52.3 Å². The lowest BCUT2D eigenvalue weighted by Crippen LogP contribution is -2.51. The summed E-state index contributed by atoms with van der Waals surface area (Å²) in [5, 5.41) is 3.03. The largest absolute Gasteiger partial charge is 0.372 e. The lowest BCUT2D eigenvalue weighted by molar-refractivity contribution is -0.123. The van der Waals surface area contributed by atoms with E-state index < -0.39 is 5.54 Å². The van der Waals surface area contributed by atoms with E-state index in [1.165, 1.54) is 11.3 Å². The Hall–Kier alpha value is -1.55. The first-order chi connectivity index (χ1) is 9.44. The smallest absolute Gasteiger partial charge is 0.237 e. The molecule has 20 heavy (non-hydrogen) atoms. The molecule has 0 saturated heterocycles. The van der Waals surface area contributed by atoms with Crippen molar-refractivity contribution < 1.29 is 4.79 Å². The van der Waals surface area contributed by atoms with E-state index in [1.807, 2.05) is 6.92 Å². The fraction of sp³-hybridized carbons (Fsp3) is 0.562. The number of nitrogens with two attached hydrogens (primary N) is 1. The number of likely N-dealkylation sites (N-methyl/N-ethyl adjacent to an activating group) is 1. The van der Waals surface area contributed by atoms with E-state index in [4.69, 9.17) is 5.73 Å². The number of carbonyl (C=O) groups is 1. The molecule has 0 saturated carbocycles. The number of hydrogen-bond donors (Lipinski definition) is 2. The second kappa shape index (κ2) is 7.29. The number of anilines is 1. The average molecular weight is 277 g/mol. The summed E-state index contributed by atoms with van der Waals surface area (Å²) in [5.74, 6) is -0.293. The molecular formula is C16H27N3O. The molecule has 112 valence electrons. The van der Waals surface area contributed by atoms with Gasteiger partial charge in [-0.1, -0.05) is 18.2 Å². The van der Waals surface area contributed by atoms with Gasteiger partial charge in [-0.2, -0.15) is 0 Å². The molecule has 4 heteroatoms. The minimum absolute atomic E-state index is 0.293. The van der Waals surface area contributed by atoms with Crippen molar-refractivity contribution in [2.45, 2.75) is 39.2 Å². The predicted molar refractivity (Wildman–Crippen MR) is 85.0 cm³/mol. The van der Waals surface area contributed by atoms with Crippen LogP contribution in [0.15, 0.2) is 24.3 Å². The van der Waals surface area contributed by atoms with Gasteiger partial charge in [0.15, 0.2) is 0 Å². The lowest BCUT2D eigenvalue weighted by atomic mass is 9.95. The van der Waals surface area contributed by atoms with Gasteiger partial charge in [-0.3, -0.25) is 4.79 Å². The highest BCUT2D eigenvalue weighted by molar-refractivity contribution is 5.84. The number of rotatable bonds is 8. The Morgan fingerprint density at radius 3 is 2.55 bits per heavy atom. The van der Waals surface area contributed by atoms with Crippen LogP contribution in [-0.2, 0) is 4.79 Å². The summed E-state index contributed by atoms with van der Waals surface area (Å²) in [6.07, 6.45) is 1.66. The number of hydrogen-bond acceptors (Lipinski definition) is 3. The Morgan fingerprint density at radius 2 is 2.05 bits per heavy atom. The van der Waals surface area contributed by atoms with Crippen LogP contribution in [0.2, 0.25) is 0 Å². The Labute approximate surface area is 122 Å².